The lowest BCUT2D eigenvalue weighted by Gasteiger charge is -2.31. The van der Waals surface area contributed by atoms with Crippen LogP contribution in [0.1, 0.15) is 31.2 Å². The van der Waals surface area contributed by atoms with E-state index in [-0.39, 0.29) is 30.4 Å². The van der Waals surface area contributed by atoms with E-state index in [1.807, 2.05) is 12.1 Å². The summed E-state index contributed by atoms with van der Waals surface area (Å²) < 4.78 is 4.90. The number of nitro benzene ring substituents is 1. The van der Waals surface area contributed by atoms with Crippen molar-refractivity contribution in [2.75, 3.05) is 23.4 Å². The number of hydrogen-bond acceptors (Lipinski definition) is 9. The summed E-state index contributed by atoms with van der Waals surface area (Å²) in [6, 6.07) is 5.92. The van der Waals surface area contributed by atoms with Gasteiger partial charge in [-0.2, -0.15) is 0 Å². The number of nitrogens with zero attached hydrogens (tertiary/aromatic N) is 5. The van der Waals surface area contributed by atoms with Crippen LogP contribution in [-0.2, 0) is 6.54 Å². The Bertz CT molecular complexity index is 987. The van der Waals surface area contributed by atoms with Gasteiger partial charge in [-0.1, -0.05) is 12.8 Å². The van der Waals surface area contributed by atoms with Crippen LogP contribution in [-0.4, -0.2) is 44.5 Å². The minimum atomic E-state index is -0.501. The third kappa shape index (κ3) is 3.83. The Balaban J connectivity index is 1.84. The summed E-state index contributed by atoms with van der Waals surface area (Å²) >= 11 is 0. The molecule has 1 aliphatic carbocycles. The molecule has 2 N–H and O–H groups in total. The van der Waals surface area contributed by atoms with Crippen molar-refractivity contribution in [1.29, 1.82) is 0 Å². The van der Waals surface area contributed by atoms with E-state index in [4.69, 9.17) is 4.63 Å². The molecule has 2 aromatic heterocycles. The summed E-state index contributed by atoms with van der Waals surface area (Å²) in [6.45, 7) is 0.655. The SMILES string of the molecule is O=[N+]([O-])c1c(NCCO)cc(N(Cc2ccncc2)C2CCCC2)c2nonc12. The minimum absolute atomic E-state index is 0.102. The Kier molecular flexibility index (Phi) is 5.52. The first-order valence-electron chi connectivity index (χ1n) is 9.63. The van der Waals surface area contributed by atoms with Crippen molar-refractivity contribution in [3.63, 3.8) is 0 Å². The maximum atomic E-state index is 11.7. The molecular formula is C19H22N6O4. The Labute approximate surface area is 166 Å². The van der Waals surface area contributed by atoms with E-state index in [1.54, 1.807) is 18.5 Å². The van der Waals surface area contributed by atoms with Crippen molar-refractivity contribution >= 4 is 28.1 Å². The molecule has 4 rings (SSSR count). The third-order valence-electron chi connectivity index (χ3n) is 5.28. The molecule has 10 nitrogen and oxygen atoms in total. The molecule has 2 heterocycles. The van der Waals surface area contributed by atoms with E-state index in [1.165, 1.54) is 0 Å². The molecule has 0 unspecified atom stereocenters. The second kappa shape index (κ2) is 8.39. The zero-order valence-electron chi connectivity index (χ0n) is 15.8. The monoisotopic (exact) mass is 398 g/mol. The molecule has 29 heavy (non-hydrogen) atoms. The van der Waals surface area contributed by atoms with Gasteiger partial charge in [-0.15, -0.1) is 0 Å². The number of rotatable bonds is 8. The molecule has 0 saturated heterocycles. The predicted molar refractivity (Wildman–Crippen MR) is 107 cm³/mol. The summed E-state index contributed by atoms with van der Waals surface area (Å²) in [5, 5.41) is 31.6. The molecule has 0 amide bonds. The summed E-state index contributed by atoms with van der Waals surface area (Å²) in [6.07, 6.45) is 7.85. The topological polar surface area (TPSA) is 130 Å². The summed E-state index contributed by atoms with van der Waals surface area (Å²) in [5.41, 5.74) is 2.38. The fourth-order valence-corrected chi connectivity index (χ4v) is 3.95. The average Bonchev–Trinajstić information content (AvgIpc) is 3.42. The molecular weight excluding hydrogens is 376 g/mol. The van der Waals surface area contributed by atoms with Gasteiger partial charge in [0.2, 0.25) is 5.52 Å². The molecule has 1 fully saturated rings. The van der Waals surface area contributed by atoms with Crippen molar-refractivity contribution in [3.8, 4) is 0 Å². The van der Waals surface area contributed by atoms with Gasteiger partial charge in [0, 0.05) is 31.5 Å². The molecule has 0 atom stereocenters. The number of aliphatic hydroxyl groups is 1. The maximum Gasteiger partial charge on any atom is 0.323 e. The normalized spacial score (nSPS) is 14.4. The fraction of sp³-hybridized carbons (Fsp3) is 0.421. The first kappa shape index (κ1) is 19.1. The van der Waals surface area contributed by atoms with Crippen molar-refractivity contribution in [2.24, 2.45) is 0 Å². The Morgan fingerprint density at radius 3 is 2.66 bits per heavy atom. The summed E-state index contributed by atoms with van der Waals surface area (Å²) in [7, 11) is 0. The number of aliphatic hydroxyl groups excluding tert-OH is 1. The van der Waals surface area contributed by atoms with Crippen LogP contribution in [0.4, 0.5) is 17.1 Å². The molecule has 0 bridgehead atoms. The molecule has 152 valence electrons. The number of nitrogens with one attached hydrogen (secondary N) is 1. The number of anilines is 2. The van der Waals surface area contributed by atoms with Crippen LogP contribution in [0.25, 0.3) is 11.0 Å². The van der Waals surface area contributed by atoms with Gasteiger partial charge in [0.05, 0.1) is 17.2 Å². The van der Waals surface area contributed by atoms with Gasteiger partial charge in [0.25, 0.3) is 0 Å². The van der Waals surface area contributed by atoms with Crippen molar-refractivity contribution in [2.45, 2.75) is 38.3 Å². The molecule has 1 saturated carbocycles. The van der Waals surface area contributed by atoms with Gasteiger partial charge >= 0.3 is 5.69 Å². The largest absolute Gasteiger partial charge is 0.395 e. The lowest BCUT2D eigenvalue weighted by atomic mass is 10.1. The zero-order chi connectivity index (χ0) is 20.2. The number of benzene rings is 1. The standard InChI is InChI=1S/C19H22N6O4/c26-10-9-21-15-11-16(17-18(23-29-22-17)19(15)25(27)28)24(14-3-1-2-4-14)12-13-5-7-20-8-6-13/h5-8,11,14,21,26H,1-4,9-10,12H2. The quantitative estimate of drug-likeness (QED) is 0.434. The van der Waals surface area contributed by atoms with Crippen molar-refractivity contribution in [3.05, 3.63) is 46.3 Å². The molecule has 0 spiro atoms. The number of pyridine rings is 1. The lowest BCUT2D eigenvalue weighted by molar-refractivity contribution is -0.382. The van der Waals surface area contributed by atoms with Crippen LogP contribution in [0.5, 0.6) is 0 Å². The predicted octanol–water partition coefficient (Wildman–Crippen LogP) is 2.88. The van der Waals surface area contributed by atoms with Gasteiger partial charge in [0.1, 0.15) is 5.69 Å². The molecule has 10 heteroatoms. The van der Waals surface area contributed by atoms with Crippen LogP contribution < -0.4 is 10.2 Å². The highest BCUT2D eigenvalue weighted by molar-refractivity contribution is 5.99. The first-order valence-corrected chi connectivity index (χ1v) is 9.63. The molecule has 0 radical (unpaired) electrons. The number of hydrogen-bond donors (Lipinski definition) is 2. The van der Waals surface area contributed by atoms with E-state index in [0.717, 1.165) is 36.9 Å². The van der Waals surface area contributed by atoms with Crippen molar-refractivity contribution < 1.29 is 14.7 Å². The lowest BCUT2D eigenvalue weighted by Crippen LogP contribution is -2.33. The maximum absolute atomic E-state index is 11.7. The van der Waals surface area contributed by atoms with Gasteiger partial charge in [-0.25, -0.2) is 4.63 Å². The minimum Gasteiger partial charge on any atom is -0.395 e. The highest BCUT2D eigenvalue weighted by Crippen LogP contribution is 2.41. The van der Waals surface area contributed by atoms with E-state index >= 15 is 0 Å². The molecule has 3 aromatic rings. The second-order valence-electron chi connectivity index (χ2n) is 7.08. The zero-order valence-corrected chi connectivity index (χ0v) is 15.8. The first-order chi connectivity index (χ1) is 14.2. The Morgan fingerprint density at radius 1 is 1.24 bits per heavy atom. The summed E-state index contributed by atoms with van der Waals surface area (Å²) in [5.74, 6) is 0. The van der Waals surface area contributed by atoms with Gasteiger partial charge in [-0.3, -0.25) is 15.1 Å². The van der Waals surface area contributed by atoms with Crippen LogP contribution in [0.2, 0.25) is 0 Å². The Hall–Kier alpha value is -3.27. The number of fused-ring (bicyclic) bond motifs is 1. The highest BCUT2D eigenvalue weighted by Gasteiger charge is 2.31. The smallest absolute Gasteiger partial charge is 0.323 e. The van der Waals surface area contributed by atoms with Gasteiger partial charge in [-0.05, 0) is 46.9 Å². The summed E-state index contributed by atoms with van der Waals surface area (Å²) in [4.78, 5) is 17.5. The fourth-order valence-electron chi connectivity index (χ4n) is 3.95. The van der Waals surface area contributed by atoms with Crippen LogP contribution in [0.3, 0.4) is 0 Å². The van der Waals surface area contributed by atoms with Crippen molar-refractivity contribution in [1.82, 2.24) is 15.3 Å². The number of nitro groups is 1. The van der Waals surface area contributed by atoms with Crippen LogP contribution in [0.15, 0.2) is 35.2 Å². The van der Waals surface area contributed by atoms with Gasteiger partial charge < -0.3 is 15.3 Å². The molecule has 1 aliphatic rings. The van der Waals surface area contributed by atoms with Crippen LogP contribution >= 0.6 is 0 Å². The molecule has 0 aliphatic heterocycles. The Morgan fingerprint density at radius 2 is 1.97 bits per heavy atom. The van der Waals surface area contributed by atoms with Crippen LogP contribution in [0, 0.1) is 10.1 Å². The van der Waals surface area contributed by atoms with E-state index in [9.17, 15) is 15.2 Å². The van der Waals surface area contributed by atoms with Gasteiger partial charge in [0.15, 0.2) is 5.52 Å². The second-order valence-corrected chi connectivity index (χ2v) is 7.08. The third-order valence-corrected chi connectivity index (χ3v) is 5.28. The van der Waals surface area contributed by atoms with E-state index in [0.29, 0.717) is 17.7 Å². The van der Waals surface area contributed by atoms with E-state index in [2.05, 4.69) is 25.5 Å². The highest BCUT2D eigenvalue weighted by atomic mass is 16.6. The molecule has 1 aromatic carbocycles. The average molecular weight is 398 g/mol. The van der Waals surface area contributed by atoms with E-state index < -0.39 is 4.92 Å². The number of aromatic nitrogens is 3.